The number of carboxylic acids is 1. The lowest BCUT2D eigenvalue weighted by atomic mass is 9.85. The Morgan fingerprint density at radius 3 is 2.84 bits per heavy atom. The average Bonchev–Trinajstić information content (AvgIpc) is 2.96. The molecule has 0 aliphatic heterocycles. The highest BCUT2D eigenvalue weighted by Crippen LogP contribution is 2.29. The lowest BCUT2D eigenvalue weighted by Crippen LogP contribution is -2.55. The predicted octanol–water partition coefficient (Wildman–Crippen LogP) is 2.44. The third kappa shape index (κ3) is 4.71. The first-order chi connectivity index (χ1) is 12.0. The topological polar surface area (TPSA) is 82.5 Å². The molecule has 1 heterocycles. The lowest BCUT2D eigenvalue weighted by molar-refractivity contribution is -0.139. The highest BCUT2D eigenvalue weighted by molar-refractivity contribution is 8.01. The molecule has 1 aromatic carbocycles. The Balaban J connectivity index is 1.41. The van der Waals surface area contributed by atoms with E-state index in [1.165, 1.54) is 11.8 Å². The van der Waals surface area contributed by atoms with Gasteiger partial charge in [0.1, 0.15) is 0 Å². The number of hydrogen-bond donors (Lipinski definition) is 2. The van der Waals surface area contributed by atoms with Gasteiger partial charge in [-0.05, 0) is 31.5 Å². The van der Waals surface area contributed by atoms with Crippen LogP contribution in [0.25, 0.3) is 10.2 Å². The predicted molar refractivity (Wildman–Crippen MR) is 100 cm³/mol. The van der Waals surface area contributed by atoms with Crippen LogP contribution in [0.5, 0.6) is 0 Å². The molecular formula is C17H21N3O3S2. The van der Waals surface area contributed by atoms with Crippen LogP contribution in [-0.4, -0.2) is 57.8 Å². The summed E-state index contributed by atoms with van der Waals surface area (Å²) in [5.74, 6) is -0.441. The Morgan fingerprint density at radius 2 is 2.16 bits per heavy atom. The third-order valence-corrected chi connectivity index (χ3v) is 6.52. The molecule has 6 nitrogen and oxygen atoms in total. The van der Waals surface area contributed by atoms with E-state index >= 15 is 0 Å². The standard InChI is InChI=1S/C17H21N3O3S2/c1-2-20(9-16(22)23)12-7-11(8-12)18-15(21)10-24-17-19-13-5-3-4-6-14(13)25-17/h3-6,11-12H,2,7-10H2,1H3,(H,18,21)(H,22,23). The zero-order chi connectivity index (χ0) is 17.8. The fourth-order valence-electron chi connectivity index (χ4n) is 2.99. The molecule has 2 N–H and O–H groups in total. The minimum atomic E-state index is -0.804. The normalized spacial score (nSPS) is 19.8. The minimum Gasteiger partial charge on any atom is -0.480 e. The van der Waals surface area contributed by atoms with Crippen molar-refractivity contribution in [1.29, 1.82) is 0 Å². The molecule has 0 saturated heterocycles. The first kappa shape index (κ1) is 18.2. The number of carbonyl (C=O) groups excluding carboxylic acids is 1. The molecular weight excluding hydrogens is 358 g/mol. The van der Waals surface area contributed by atoms with Gasteiger partial charge in [-0.25, -0.2) is 4.98 Å². The number of rotatable bonds is 8. The molecule has 0 bridgehead atoms. The van der Waals surface area contributed by atoms with Crippen LogP contribution in [0.15, 0.2) is 28.6 Å². The van der Waals surface area contributed by atoms with Crippen LogP contribution < -0.4 is 5.32 Å². The van der Waals surface area contributed by atoms with Crippen LogP contribution in [-0.2, 0) is 9.59 Å². The van der Waals surface area contributed by atoms with Gasteiger partial charge in [0.2, 0.25) is 5.91 Å². The lowest BCUT2D eigenvalue weighted by Gasteiger charge is -2.42. The van der Waals surface area contributed by atoms with Crippen LogP contribution in [0.4, 0.5) is 0 Å². The Morgan fingerprint density at radius 1 is 1.40 bits per heavy atom. The van der Waals surface area contributed by atoms with Crippen molar-refractivity contribution in [2.45, 2.75) is 36.2 Å². The maximum atomic E-state index is 12.1. The summed E-state index contributed by atoms with van der Waals surface area (Å²) < 4.78 is 2.03. The largest absolute Gasteiger partial charge is 0.480 e. The first-order valence-electron chi connectivity index (χ1n) is 8.28. The van der Waals surface area contributed by atoms with Gasteiger partial charge in [0.15, 0.2) is 4.34 Å². The SMILES string of the molecule is CCN(CC(=O)O)C1CC(NC(=O)CSc2nc3ccccc3s2)C1. The molecule has 0 radical (unpaired) electrons. The summed E-state index contributed by atoms with van der Waals surface area (Å²) in [6.07, 6.45) is 1.64. The number of para-hydroxylation sites is 1. The maximum Gasteiger partial charge on any atom is 0.317 e. The molecule has 1 saturated carbocycles. The van der Waals surface area contributed by atoms with E-state index < -0.39 is 5.97 Å². The van der Waals surface area contributed by atoms with Crippen LogP contribution >= 0.6 is 23.1 Å². The number of hydrogen-bond acceptors (Lipinski definition) is 6. The number of likely N-dealkylation sites (N-methyl/N-ethyl adjacent to an activating group) is 1. The van der Waals surface area contributed by atoms with Gasteiger partial charge in [-0.2, -0.15) is 0 Å². The van der Waals surface area contributed by atoms with E-state index in [2.05, 4.69) is 10.3 Å². The number of nitrogens with zero attached hydrogens (tertiary/aromatic N) is 2. The molecule has 1 fully saturated rings. The van der Waals surface area contributed by atoms with Crippen LogP contribution in [0.3, 0.4) is 0 Å². The minimum absolute atomic E-state index is 0.00832. The quantitative estimate of drug-likeness (QED) is 0.686. The summed E-state index contributed by atoms with van der Waals surface area (Å²) in [6.45, 7) is 2.74. The number of carboxylic acid groups (broad SMARTS) is 1. The number of aromatic nitrogens is 1. The smallest absolute Gasteiger partial charge is 0.317 e. The molecule has 1 aliphatic carbocycles. The molecule has 1 aromatic heterocycles. The van der Waals surface area contributed by atoms with Crippen LogP contribution in [0.1, 0.15) is 19.8 Å². The summed E-state index contributed by atoms with van der Waals surface area (Å²) in [5.41, 5.74) is 0.968. The first-order valence-corrected chi connectivity index (χ1v) is 10.1. The van der Waals surface area contributed by atoms with E-state index in [0.29, 0.717) is 12.3 Å². The van der Waals surface area contributed by atoms with Gasteiger partial charge < -0.3 is 10.4 Å². The van der Waals surface area contributed by atoms with E-state index in [9.17, 15) is 9.59 Å². The number of thioether (sulfide) groups is 1. The summed E-state index contributed by atoms with van der Waals surface area (Å²) in [4.78, 5) is 29.4. The van der Waals surface area contributed by atoms with Crippen molar-refractivity contribution in [3.05, 3.63) is 24.3 Å². The summed E-state index contributed by atoms with van der Waals surface area (Å²) in [5, 5.41) is 11.9. The van der Waals surface area contributed by atoms with Crippen molar-refractivity contribution in [3.8, 4) is 0 Å². The van der Waals surface area contributed by atoms with Gasteiger partial charge >= 0.3 is 5.97 Å². The van der Waals surface area contributed by atoms with E-state index in [0.717, 1.165) is 27.4 Å². The highest BCUT2D eigenvalue weighted by atomic mass is 32.2. The number of aliphatic carboxylic acids is 1. The second-order valence-corrected chi connectivity index (χ2v) is 8.34. The zero-order valence-corrected chi connectivity index (χ0v) is 15.6. The molecule has 8 heteroatoms. The molecule has 0 unspecified atom stereocenters. The van der Waals surface area contributed by atoms with Crippen LogP contribution in [0, 0.1) is 0 Å². The third-order valence-electron chi connectivity index (χ3n) is 4.34. The van der Waals surface area contributed by atoms with Gasteiger partial charge in [0, 0.05) is 12.1 Å². The Kier molecular flexibility index (Phi) is 5.93. The molecule has 0 atom stereocenters. The molecule has 1 aliphatic rings. The van der Waals surface area contributed by atoms with Gasteiger partial charge in [0.05, 0.1) is 22.5 Å². The van der Waals surface area contributed by atoms with Crippen LogP contribution in [0.2, 0.25) is 0 Å². The number of amides is 1. The van der Waals surface area contributed by atoms with Gasteiger partial charge in [-0.15, -0.1) is 11.3 Å². The van der Waals surface area contributed by atoms with Crippen molar-refractivity contribution in [1.82, 2.24) is 15.2 Å². The Bertz CT molecular complexity index is 725. The average molecular weight is 380 g/mol. The van der Waals surface area contributed by atoms with Gasteiger partial charge in [0.25, 0.3) is 0 Å². The second-order valence-electron chi connectivity index (χ2n) is 6.08. The van der Waals surface area contributed by atoms with Crippen molar-refractivity contribution in [3.63, 3.8) is 0 Å². The van der Waals surface area contributed by atoms with E-state index in [1.807, 2.05) is 36.1 Å². The number of carbonyl (C=O) groups is 2. The highest BCUT2D eigenvalue weighted by Gasteiger charge is 2.34. The number of fused-ring (bicyclic) bond motifs is 1. The molecule has 2 aromatic rings. The Labute approximate surface area is 154 Å². The summed E-state index contributed by atoms with van der Waals surface area (Å²) in [7, 11) is 0. The van der Waals surface area contributed by atoms with Crippen molar-refractivity contribution in [2.24, 2.45) is 0 Å². The van der Waals surface area contributed by atoms with Crippen molar-refractivity contribution in [2.75, 3.05) is 18.8 Å². The fourth-order valence-corrected chi connectivity index (χ4v) is 4.87. The summed E-state index contributed by atoms with van der Waals surface area (Å²) in [6, 6.07) is 8.35. The van der Waals surface area contributed by atoms with E-state index in [4.69, 9.17) is 5.11 Å². The fraction of sp³-hybridized carbons (Fsp3) is 0.471. The Hall–Kier alpha value is -1.64. The maximum absolute atomic E-state index is 12.1. The van der Waals surface area contributed by atoms with Crippen molar-refractivity contribution >= 4 is 45.2 Å². The molecule has 3 rings (SSSR count). The number of benzene rings is 1. The number of nitrogens with one attached hydrogen (secondary N) is 1. The van der Waals surface area contributed by atoms with E-state index in [1.54, 1.807) is 11.3 Å². The van der Waals surface area contributed by atoms with Gasteiger partial charge in [-0.3, -0.25) is 14.5 Å². The number of thiazole rings is 1. The summed E-state index contributed by atoms with van der Waals surface area (Å²) >= 11 is 3.06. The molecule has 0 spiro atoms. The monoisotopic (exact) mass is 379 g/mol. The van der Waals surface area contributed by atoms with Gasteiger partial charge in [-0.1, -0.05) is 30.8 Å². The van der Waals surface area contributed by atoms with E-state index in [-0.39, 0.29) is 24.5 Å². The molecule has 1 amide bonds. The zero-order valence-electron chi connectivity index (χ0n) is 14.0. The molecule has 25 heavy (non-hydrogen) atoms. The van der Waals surface area contributed by atoms with Crippen molar-refractivity contribution < 1.29 is 14.7 Å². The second kappa shape index (κ2) is 8.16. The molecule has 134 valence electrons.